The number of furan rings is 1. The number of amides is 1. The molecule has 1 aromatic heterocycles. The van der Waals surface area contributed by atoms with Crippen molar-refractivity contribution in [1.82, 2.24) is 4.90 Å². The Bertz CT molecular complexity index is 886. The van der Waals surface area contributed by atoms with Crippen LogP contribution in [0.5, 0.6) is 0 Å². The van der Waals surface area contributed by atoms with Gasteiger partial charge in [0.25, 0.3) is 5.91 Å². The Morgan fingerprint density at radius 2 is 2.12 bits per heavy atom. The zero-order valence-electron chi connectivity index (χ0n) is 14.4. The summed E-state index contributed by atoms with van der Waals surface area (Å²) in [5.74, 6) is -0.990. The maximum absolute atomic E-state index is 13.0. The summed E-state index contributed by atoms with van der Waals surface area (Å²) >= 11 is 3.41. The highest BCUT2D eigenvalue weighted by Crippen LogP contribution is 2.39. The fraction of sp³-hybridized carbons (Fsp3) is 0.263. The maximum Gasteiger partial charge on any atom is 0.290 e. The summed E-state index contributed by atoms with van der Waals surface area (Å²) in [5, 5.41) is 10.4. The number of hydrogen-bond acceptors (Lipinski definition) is 5. The van der Waals surface area contributed by atoms with Gasteiger partial charge in [-0.1, -0.05) is 28.1 Å². The second-order valence-electron chi connectivity index (χ2n) is 5.95. The van der Waals surface area contributed by atoms with Crippen LogP contribution in [0.2, 0.25) is 0 Å². The molecular weight excluding hydrogens is 402 g/mol. The van der Waals surface area contributed by atoms with Gasteiger partial charge < -0.3 is 19.2 Å². The number of hydrogen-bond donors (Lipinski definition) is 1. The van der Waals surface area contributed by atoms with Crippen molar-refractivity contribution in [2.45, 2.75) is 13.0 Å². The number of aliphatic hydroxyl groups excluding tert-OH is 1. The van der Waals surface area contributed by atoms with Crippen molar-refractivity contribution >= 4 is 27.6 Å². The molecule has 2 aromatic rings. The SMILES string of the molecule is COCCN1C(=O)C(O)=C(C(=O)c2ccc(C)o2)[C@@H]1c1cccc(Br)c1. The van der Waals surface area contributed by atoms with E-state index in [4.69, 9.17) is 9.15 Å². The Morgan fingerprint density at radius 1 is 1.35 bits per heavy atom. The molecule has 1 atom stereocenters. The molecule has 26 heavy (non-hydrogen) atoms. The number of ether oxygens (including phenoxy) is 1. The topological polar surface area (TPSA) is 80.0 Å². The quantitative estimate of drug-likeness (QED) is 0.723. The first-order valence-electron chi connectivity index (χ1n) is 8.03. The van der Waals surface area contributed by atoms with Crippen LogP contribution in [0, 0.1) is 6.92 Å². The third-order valence-corrected chi connectivity index (χ3v) is 4.71. The molecule has 1 N–H and O–H groups in total. The number of Topliss-reactive ketones (excluding diaryl/α,β-unsaturated/α-hetero) is 1. The van der Waals surface area contributed by atoms with Crippen molar-refractivity contribution in [1.29, 1.82) is 0 Å². The predicted octanol–water partition coefficient (Wildman–Crippen LogP) is 3.58. The van der Waals surface area contributed by atoms with Crippen LogP contribution in [0.3, 0.4) is 0 Å². The molecule has 136 valence electrons. The van der Waals surface area contributed by atoms with E-state index in [-0.39, 0.29) is 24.5 Å². The van der Waals surface area contributed by atoms with Crippen molar-refractivity contribution in [2.75, 3.05) is 20.3 Å². The highest BCUT2D eigenvalue weighted by Gasteiger charge is 2.44. The summed E-state index contributed by atoms with van der Waals surface area (Å²) in [7, 11) is 1.53. The number of carbonyl (C=O) groups is 2. The first-order chi connectivity index (χ1) is 12.4. The average Bonchev–Trinajstić information content (AvgIpc) is 3.15. The van der Waals surface area contributed by atoms with Gasteiger partial charge in [-0.15, -0.1) is 0 Å². The third kappa shape index (κ3) is 3.32. The lowest BCUT2D eigenvalue weighted by atomic mass is 9.95. The van der Waals surface area contributed by atoms with Crippen molar-refractivity contribution in [2.24, 2.45) is 0 Å². The summed E-state index contributed by atoms with van der Waals surface area (Å²) in [6, 6.07) is 9.77. The van der Waals surface area contributed by atoms with E-state index in [1.54, 1.807) is 13.0 Å². The molecule has 0 saturated heterocycles. The largest absolute Gasteiger partial charge is 0.503 e. The van der Waals surface area contributed by atoms with Crippen molar-refractivity contribution < 1.29 is 23.8 Å². The van der Waals surface area contributed by atoms with Crippen LogP contribution in [0.4, 0.5) is 0 Å². The van der Waals surface area contributed by atoms with Crippen LogP contribution in [0.25, 0.3) is 0 Å². The van der Waals surface area contributed by atoms with Crippen LogP contribution in [0.15, 0.2) is 56.6 Å². The number of rotatable bonds is 6. The normalized spacial score (nSPS) is 17.3. The summed E-state index contributed by atoms with van der Waals surface area (Å²) < 4.78 is 11.3. The van der Waals surface area contributed by atoms with Crippen molar-refractivity contribution in [3.05, 3.63) is 69.3 Å². The van der Waals surface area contributed by atoms with Crippen LogP contribution in [0.1, 0.15) is 27.9 Å². The van der Waals surface area contributed by atoms with E-state index in [0.717, 1.165) is 4.47 Å². The lowest BCUT2D eigenvalue weighted by Gasteiger charge is -2.26. The number of aliphatic hydroxyl groups is 1. The molecule has 7 heteroatoms. The molecule has 2 heterocycles. The Hall–Kier alpha value is -2.38. The maximum atomic E-state index is 13.0. The van der Waals surface area contributed by atoms with Gasteiger partial charge in [0, 0.05) is 18.1 Å². The zero-order chi connectivity index (χ0) is 18.8. The highest BCUT2D eigenvalue weighted by molar-refractivity contribution is 9.10. The second kappa shape index (κ2) is 7.47. The summed E-state index contributed by atoms with van der Waals surface area (Å²) in [4.78, 5) is 27.0. The van der Waals surface area contributed by atoms with Crippen LogP contribution in [-0.4, -0.2) is 42.0 Å². The fourth-order valence-corrected chi connectivity index (χ4v) is 3.44. The number of methoxy groups -OCH3 is 1. The summed E-state index contributed by atoms with van der Waals surface area (Å²) in [5.41, 5.74) is 0.720. The number of benzene rings is 1. The van der Waals surface area contributed by atoms with Gasteiger partial charge in [-0.25, -0.2) is 0 Å². The molecule has 0 spiro atoms. The molecule has 0 radical (unpaired) electrons. The Kier molecular flexibility index (Phi) is 5.29. The number of ketones is 1. The molecule has 1 aliphatic heterocycles. The second-order valence-corrected chi connectivity index (χ2v) is 6.87. The molecular formula is C19H18BrNO5. The number of halogens is 1. The molecule has 1 aromatic carbocycles. The fourth-order valence-electron chi connectivity index (χ4n) is 3.02. The minimum Gasteiger partial charge on any atom is -0.503 e. The number of nitrogens with zero attached hydrogens (tertiary/aromatic N) is 1. The van der Waals surface area contributed by atoms with E-state index in [1.165, 1.54) is 18.1 Å². The van der Waals surface area contributed by atoms with Gasteiger partial charge in [-0.3, -0.25) is 9.59 Å². The van der Waals surface area contributed by atoms with Gasteiger partial charge in [-0.2, -0.15) is 0 Å². The zero-order valence-corrected chi connectivity index (χ0v) is 15.9. The minimum absolute atomic E-state index is 0.0125. The highest BCUT2D eigenvalue weighted by atomic mass is 79.9. The van der Waals surface area contributed by atoms with E-state index in [9.17, 15) is 14.7 Å². The van der Waals surface area contributed by atoms with Crippen molar-refractivity contribution in [3.8, 4) is 0 Å². The summed E-state index contributed by atoms with van der Waals surface area (Å²) in [6.45, 7) is 2.25. The van der Waals surface area contributed by atoms with Gasteiger partial charge in [0.2, 0.25) is 5.78 Å². The Morgan fingerprint density at radius 3 is 2.73 bits per heavy atom. The van der Waals surface area contributed by atoms with Gasteiger partial charge in [0.1, 0.15) is 5.76 Å². The van der Waals surface area contributed by atoms with Gasteiger partial charge in [-0.05, 0) is 36.8 Å². The predicted molar refractivity (Wildman–Crippen MR) is 97.9 cm³/mol. The molecule has 0 aliphatic carbocycles. The first-order valence-corrected chi connectivity index (χ1v) is 8.83. The standard InChI is InChI=1S/C19H18BrNO5/c1-11-6-7-14(26-11)17(22)15-16(12-4-3-5-13(20)10-12)21(8-9-25-2)19(24)18(15)23/h3-7,10,16,23H,8-9H2,1-2H3/t16-/m0/s1. The van der Waals surface area contributed by atoms with Gasteiger partial charge in [0.05, 0.1) is 18.2 Å². The molecule has 0 bridgehead atoms. The molecule has 3 rings (SSSR count). The summed E-state index contributed by atoms with van der Waals surface area (Å²) in [6.07, 6.45) is 0. The van der Waals surface area contributed by atoms with E-state index in [0.29, 0.717) is 11.3 Å². The van der Waals surface area contributed by atoms with E-state index >= 15 is 0 Å². The first kappa shape index (κ1) is 18.4. The molecule has 1 amide bonds. The molecule has 1 aliphatic rings. The van der Waals surface area contributed by atoms with Gasteiger partial charge in [0.15, 0.2) is 11.5 Å². The molecule has 6 nitrogen and oxygen atoms in total. The Labute approximate surface area is 159 Å². The van der Waals surface area contributed by atoms with E-state index < -0.39 is 23.5 Å². The van der Waals surface area contributed by atoms with E-state index in [1.807, 2.05) is 24.3 Å². The number of carbonyl (C=O) groups excluding carboxylic acids is 2. The number of aryl methyl sites for hydroxylation is 1. The van der Waals surface area contributed by atoms with Crippen LogP contribution < -0.4 is 0 Å². The van der Waals surface area contributed by atoms with E-state index in [2.05, 4.69) is 15.9 Å². The Balaban J connectivity index is 2.08. The minimum atomic E-state index is -0.715. The smallest absolute Gasteiger partial charge is 0.290 e. The van der Waals surface area contributed by atoms with Gasteiger partial charge >= 0.3 is 0 Å². The molecule has 0 fully saturated rings. The van der Waals surface area contributed by atoms with Crippen molar-refractivity contribution in [3.63, 3.8) is 0 Å². The monoisotopic (exact) mass is 419 g/mol. The molecule has 0 unspecified atom stereocenters. The van der Waals surface area contributed by atoms with Crippen LogP contribution >= 0.6 is 15.9 Å². The lowest BCUT2D eigenvalue weighted by Crippen LogP contribution is -2.34. The third-order valence-electron chi connectivity index (χ3n) is 4.21. The lowest BCUT2D eigenvalue weighted by molar-refractivity contribution is -0.130. The van der Waals surface area contributed by atoms with Crippen LogP contribution in [-0.2, 0) is 9.53 Å². The average molecular weight is 420 g/mol. The molecule has 0 saturated carbocycles.